The van der Waals surface area contributed by atoms with Crippen LogP contribution in [0.15, 0.2) is 85.3 Å². The summed E-state index contributed by atoms with van der Waals surface area (Å²) in [7, 11) is 1.87. The van der Waals surface area contributed by atoms with Gasteiger partial charge in [0, 0.05) is 31.2 Å². The molecule has 1 N–H and O–H groups in total. The lowest BCUT2D eigenvalue weighted by Crippen LogP contribution is -2.21. The van der Waals surface area contributed by atoms with Crippen LogP contribution in [-0.4, -0.2) is 25.2 Å². The van der Waals surface area contributed by atoms with Gasteiger partial charge < -0.3 is 14.6 Å². The zero-order chi connectivity index (χ0) is 30.0. The van der Waals surface area contributed by atoms with E-state index >= 15 is 4.39 Å². The number of amides is 1. The van der Waals surface area contributed by atoms with E-state index in [9.17, 15) is 18.0 Å². The van der Waals surface area contributed by atoms with E-state index in [0.717, 1.165) is 23.0 Å². The Morgan fingerprint density at radius 1 is 1.14 bits per heavy atom. The van der Waals surface area contributed by atoms with Crippen molar-refractivity contribution in [1.82, 2.24) is 19.3 Å². The van der Waals surface area contributed by atoms with Crippen LogP contribution in [0.5, 0.6) is 5.75 Å². The Morgan fingerprint density at radius 3 is 2.55 bits per heavy atom. The molecule has 214 valence electrons. The minimum atomic E-state index is -4.88. The Balaban J connectivity index is 1.42. The fourth-order valence-electron chi connectivity index (χ4n) is 4.19. The van der Waals surface area contributed by atoms with Gasteiger partial charge in [0.15, 0.2) is 17.3 Å². The van der Waals surface area contributed by atoms with Crippen molar-refractivity contribution in [2.45, 2.75) is 13.1 Å². The third-order valence-corrected chi connectivity index (χ3v) is 7.27. The van der Waals surface area contributed by atoms with Crippen molar-refractivity contribution < 1.29 is 27.1 Å². The molecule has 0 aliphatic carbocycles. The number of anilines is 1. The van der Waals surface area contributed by atoms with E-state index in [0.29, 0.717) is 20.2 Å². The van der Waals surface area contributed by atoms with Crippen molar-refractivity contribution in [3.63, 3.8) is 0 Å². The maximum absolute atomic E-state index is 15.2. The third kappa shape index (κ3) is 5.75. The third-order valence-electron chi connectivity index (χ3n) is 6.09. The molecule has 0 radical (unpaired) electrons. The smallest absolute Gasteiger partial charge is 0.434 e. The molecule has 0 fully saturated rings. The Morgan fingerprint density at radius 2 is 1.90 bits per heavy atom. The van der Waals surface area contributed by atoms with Crippen molar-refractivity contribution in [3.8, 4) is 22.1 Å². The molecule has 0 aliphatic rings. The van der Waals surface area contributed by atoms with Crippen LogP contribution in [0.1, 0.15) is 23.0 Å². The number of nitrogens with zero attached hydrogens (tertiary/aromatic N) is 4. The maximum Gasteiger partial charge on any atom is 0.434 e. The van der Waals surface area contributed by atoms with Crippen molar-refractivity contribution >= 4 is 35.3 Å². The average Bonchev–Trinajstić information content (AvgIpc) is 3.68. The highest BCUT2D eigenvalue weighted by Gasteiger charge is 2.40. The standard InChI is InChI=1S/C30H23F4N5O2S/c1-4-8-24(26-18(2)15-25(42-26)28-35-13-14-38(28)3)41-23-12-11-19(16-22(23)31)37-29(40)21-17-36-39(27(21)30(32,33)34)20-9-6-5-7-10-20/h4-17H,2H2,1,3H3,(H,37,40)/b8-4-,26-24-. The number of ether oxygens (including phenoxy) is 1. The van der Waals surface area contributed by atoms with Gasteiger partial charge in [-0.25, -0.2) is 14.1 Å². The predicted molar refractivity (Wildman–Crippen MR) is 153 cm³/mol. The summed E-state index contributed by atoms with van der Waals surface area (Å²) in [5, 5.41) is 6.76. The number of aryl methyl sites for hydroxylation is 1. The van der Waals surface area contributed by atoms with E-state index in [2.05, 4.69) is 22.0 Å². The molecule has 0 unspecified atom stereocenters. The van der Waals surface area contributed by atoms with Gasteiger partial charge in [-0.05, 0) is 48.6 Å². The highest BCUT2D eigenvalue weighted by Crippen LogP contribution is 2.34. The Kier molecular flexibility index (Phi) is 7.81. The summed E-state index contributed by atoms with van der Waals surface area (Å²) in [5.41, 5.74) is -1.89. The first-order valence-electron chi connectivity index (χ1n) is 12.5. The van der Waals surface area contributed by atoms with Crippen LogP contribution in [0, 0.1) is 5.82 Å². The minimum absolute atomic E-state index is 0.0657. The largest absolute Gasteiger partial charge is 0.453 e. The molecule has 0 spiro atoms. The number of hydrogen-bond acceptors (Lipinski definition) is 5. The Bertz CT molecular complexity index is 1910. The fraction of sp³-hybridized carbons (Fsp3) is 0.100. The Hall–Kier alpha value is -4.97. The van der Waals surface area contributed by atoms with Gasteiger partial charge >= 0.3 is 6.18 Å². The zero-order valence-corrected chi connectivity index (χ0v) is 23.1. The first-order chi connectivity index (χ1) is 20.1. The number of benzene rings is 2. The van der Waals surface area contributed by atoms with E-state index in [1.165, 1.54) is 35.6 Å². The van der Waals surface area contributed by atoms with Gasteiger partial charge in [0.2, 0.25) is 0 Å². The number of alkyl halides is 3. The van der Waals surface area contributed by atoms with Crippen LogP contribution < -0.4 is 19.8 Å². The average molecular weight is 594 g/mol. The molecular weight excluding hydrogens is 570 g/mol. The van der Waals surface area contributed by atoms with Crippen LogP contribution in [0.25, 0.3) is 28.7 Å². The van der Waals surface area contributed by atoms with Crippen molar-refractivity contribution in [3.05, 3.63) is 112 Å². The number of allylic oxidation sites excluding steroid dienone is 1. The summed E-state index contributed by atoms with van der Waals surface area (Å²) in [4.78, 5) is 18.1. The second-order valence-electron chi connectivity index (χ2n) is 9.04. The number of carbonyl (C=O) groups excluding carboxylic acids is 1. The van der Waals surface area contributed by atoms with Gasteiger partial charge in [-0.15, -0.1) is 11.3 Å². The van der Waals surface area contributed by atoms with Gasteiger partial charge in [0.25, 0.3) is 5.91 Å². The number of aromatic nitrogens is 4. The van der Waals surface area contributed by atoms with Crippen LogP contribution in [-0.2, 0) is 13.2 Å². The monoisotopic (exact) mass is 593 g/mol. The number of imidazole rings is 1. The van der Waals surface area contributed by atoms with Gasteiger partial charge in [0.1, 0.15) is 11.6 Å². The van der Waals surface area contributed by atoms with Crippen LogP contribution >= 0.6 is 11.3 Å². The molecule has 1 amide bonds. The molecular formula is C30H23F4N5O2S. The maximum atomic E-state index is 15.2. The minimum Gasteiger partial charge on any atom is -0.453 e. The highest BCUT2D eigenvalue weighted by atomic mass is 32.1. The molecule has 5 rings (SSSR count). The van der Waals surface area contributed by atoms with E-state index in [1.807, 2.05) is 23.9 Å². The lowest BCUT2D eigenvalue weighted by Gasteiger charge is -2.13. The lowest BCUT2D eigenvalue weighted by molar-refractivity contribution is -0.143. The molecule has 42 heavy (non-hydrogen) atoms. The number of rotatable bonds is 7. The van der Waals surface area contributed by atoms with E-state index in [1.54, 1.807) is 43.5 Å². The SMILES string of the molecule is C=c1cc(-c2nccn2C)s/c1=C(/C=C\C)Oc1ccc(NC(=O)c2cnn(-c3ccccc3)c2C(F)(F)F)cc1F. The highest BCUT2D eigenvalue weighted by molar-refractivity contribution is 7.13. The number of carbonyl (C=O) groups is 1. The van der Waals surface area contributed by atoms with Gasteiger partial charge in [-0.2, -0.15) is 18.3 Å². The molecule has 12 heteroatoms. The van der Waals surface area contributed by atoms with Crippen LogP contribution in [0.4, 0.5) is 23.2 Å². The zero-order valence-electron chi connectivity index (χ0n) is 22.3. The molecule has 0 bridgehead atoms. The molecule has 0 saturated carbocycles. The van der Waals surface area contributed by atoms with Gasteiger partial charge in [-0.3, -0.25) is 4.79 Å². The number of nitrogens with one attached hydrogen (secondary N) is 1. The summed E-state index contributed by atoms with van der Waals surface area (Å²) in [6.07, 6.45) is 2.84. The topological polar surface area (TPSA) is 74.0 Å². The number of thiophene rings is 1. The van der Waals surface area contributed by atoms with E-state index in [-0.39, 0.29) is 17.1 Å². The Labute approximate surface area is 241 Å². The first kappa shape index (κ1) is 28.6. The second kappa shape index (κ2) is 11.5. The van der Waals surface area contributed by atoms with Crippen LogP contribution in [0.2, 0.25) is 0 Å². The molecule has 7 nitrogen and oxygen atoms in total. The summed E-state index contributed by atoms with van der Waals surface area (Å²) >= 11 is 1.38. The lowest BCUT2D eigenvalue weighted by atomic mass is 10.2. The molecule has 5 aromatic rings. The fourth-order valence-corrected chi connectivity index (χ4v) is 5.30. The molecule has 0 atom stereocenters. The number of hydrogen-bond donors (Lipinski definition) is 1. The van der Waals surface area contributed by atoms with Gasteiger partial charge in [0.05, 0.1) is 26.9 Å². The van der Waals surface area contributed by atoms with Crippen LogP contribution in [0.3, 0.4) is 0 Å². The summed E-state index contributed by atoms with van der Waals surface area (Å²) in [5.74, 6) is -1.00. The first-order valence-corrected chi connectivity index (χ1v) is 13.3. The van der Waals surface area contributed by atoms with E-state index in [4.69, 9.17) is 4.74 Å². The normalized spacial score (nSPS) is 12.5. The molecule has 3 aromatic heterocycles. The number of halogens is 4. The summed E-state index contributed by atoms with van der Waals surface area (Å²) < 4.78 is 66.1. The molecule has 0 saturated heterocycles. The quantitative estimate of drug-likeness (QED) is 0.238. The number of para-hydroxylation sites is 1. The second-order valence-corrected chi connectivity index (χ2v) is 10.1. The van der Waals surface area contributed by atoms with Crippen molar-refractivity contribution in [2.24, 2.45) is 7.05 Å². The molecule has 2 aromatic carbocycles. The summed E-state index contributed by atoms with van der Waals surface area (Å²) in [6.45, 7) is 5.86. The molecule has 3 heterocycles. The summed E-state index contributed by atoms with van der Waals surface area (Å²) in [6, 6.07) is 13.1. The predicted octanol–water partition coefficient (Wildman–Crippen LogP) is 5.92. The van der Waals surface area contributed by atoms with Crippen molar-refractivity contribution in [2.75, 3.05) is 5.32 Å². The van der Waals surface area contributed by atoms with Gasteiger partial charge in [-0.1, -0.05) is 30.9 Å². The van der Waals surface area contributed by atoms with E-state index < -0.39 is 29.2 Å². The molecule has 0 aliphatic heterocycles. The van der Waals surface area contributed by atoms with Crippen molar-refractivity contribution in [1.29, 1.82) is 0 Å².